The first-order valence-electron chi connectivity index (χ1n) is 5.54. The molecule has 2 N–H and O–H groups in total. The van der Waals surface area contributed by atoms with Crippen molar-refractivity contribution < 1.29 is 18.0 Å². The molecule has 2 rings (SSSR count). The predicted octanol–water partition coefficient (Wildman–Crippen LogP) is 2.59. The highest BCUT2D eigenvalue weighted by atomic mass is 19.4. The van der Waals surface area contributed by atoms with Gasteiger partial charge in [0.05, 0.1) is 17.5 Å². The van der Waals surface area contributed by atoms with Crippen molar-refractivity contribution in [2.45, 2.75) is 19.5 Å². The van der Waals surface area contributed by atoms with E-state index in [1.54, 1.807) is 13.0 Å². The Labute approximate surface area is 107 Å². The van der Waals surface area contributed by atoms with E-state index in [1.165, 1.54) is 12.1 Å². The molecule has 1 amide bonds. The molecule has 1 heterocycles. The van der Waals surface area contributed by atoms with Gasteiger partial charge in [-0.3, -0.25) is 9.78 Å². The number of alkyl halides is 3. The molecule has 0 unspecified atom stereocenters. The van der Waals surface area contributed by atoms with Crippen LogP contribution in [0.4, 0.5) is 13.2 Å². The van der Waals surface area contributed by atoms with Gasteiger partial charge in [0, 0.05) is 11.1 Å². The first-order chi connectivity index (χ1) is 8.79. The second-order valence-corrected chi connectivity index (χ2v) is 4.27. The van der Waals surface area contributed by atoms with Crippen molar-refractivity contribution in [2.24, 2.45) is 5.73 Å². The first kappa shape index (κ1) is 13.3. The van der Waals surface area contributed by atoms with Gasteiger partial charge in [-0.05, 0) is 24.6 Å². The summed E-state index contributed by atoms with van der Waals surface area (Å²) in [5.74, 6) is -0.593. The van der Waals surface area contributed by atoms with Crippen LogP contribution in [0.15, 0.2) is 24.3 Å². The molecule has 0 spiro atoms. The Hall–Kier alpha value is -2.11. The van der Waals surface area contributed by atoms with Crippen molar-refractivity contribution in [2.75, 3.05) is 0 Å². The second kappa shape index (κ2) is 4.53. The Morgan fingerprint density at radius 2 is 2.05 bits per heavy atom. The number of benzene rings is 1. The lowest BCUT2D eigenvalue weighted by molar-refractivity contribution is -0.136. The fraction of sp³-hybridized carbons (Fsp3) is 0.231. The molecule has 0 atom stereocenters. The van der Waals surface area contributed by atoms with Gasteiger partial charge in [-0.15, -0.1) is 0 Å². The largest absolute Gasteiger partial charge is 0.418 e. The van der Waals surface area contributed by atoms with Crippen LogP contribution in [0, 0.1) is 6.92 Å². The van der Waals surface area contributed by atoms with Crippen LogP contribution in [0.25, 0.3) is 10.9 Å². The van der Waals surface area contributed by atoms with Gasteiger partial charge in [0.1, 0.15) is 0 Å². The summed E-state index contributed by atoms with van der Waals surface area (Å²) >= 11 is 0. The highest BCUT2D eigenvalue weighted by Crippen LogP contribution is 2.34. The third kappa shape index (κ3) is 2.67. The van der Waals surface area contributed by atoms with E-state index in [4.69, 9.17) is 5.73 Å². The average molecular weight is 268 g/mol. The number of amides is 1. The molecule has 0 aliphatic rings. The zero-order valence-corrected chi connectivity index (χ0v) is 10.1. The standard InChI is InChI=1S/C13H11F3N2O/c1-7-5-8(6-11(17)19)9-3-2-4-10(12(9)18-7)13(14,15)16/h2-5H,6H2,1H3,(H2,17,19). The van der Waals surface area contributed by atoms with Gasteiger partial charge in [0.25, 0.3) is 0 Å². The smallest absolute Gasteiger partial charge is 0.369 e. The van der Waals surface area contributed by atoms with E-state index in [9.17, 15) is 18.0 Å². The molecule has 0 bridgehead atoms. The summed E-state index contributed by atoms with van der Waals surface area (Å²) < 4.78 is 38.7. The minimum absolute atomic E-state index is 0.110. The number of primary amides is 1. The normalized spacial score (nSPS) is 11.8. The number of pyridine rings is 1. The molecule has 0 saturated carbocycles. The third-order valence-electron chi connectivity index (χ3n) is 2.72. The van der Waals surface area contributed by atoms with Gasteiger partial charge in [-0.25, -0.2) is 0 Å². The minimum Gasteiger partial charge on any atom is -0.369 e. The van der Waals surface area contributed by atoms with Crippen molar-refractivity contribution in [1.29, 1.82) is 0 Å². The number of aryl methyl sites for hydroxylation is 1. The summed E-state index contributed by atoms with van der Waals surface area (Å²) in [7, 11) is 0. The number of rotatable bonds is 2. The van der Waals surface area contributed by atoms with Crippen LogP contribution in [0.5, 0.6) is 0 Å². The number of nitrogens with zero attached hydrogens (tertiary/aromatic N) is 1. The number of fused-ring (bicyclic) bond motifs is 1. The molecule has 0 fully saturated rings. The second-order valence-electron chi connectivity index (χ2n) is 4.27. The molecule has 100 valence electrons. The highest BCUT2D eigenvalue weighted by Gasteiger charge is 2.33. The molecule has 1 aromatic heterocycles. The maximum atomic E-state index is 12.9. The van der Waals surface area contributed by atoms with Gasteiger partial charge in [0.15, 0.2) is 0 Å². The molecular weight excluding hydrogens is 257 g/mol. The number of para-hydroxylation sites is 1. The zero-order valence-electron chi connectivity index (χ0n) is 10.1. The number of hydrogen-bond acceptors (Lipinski definition) is 2. The fourth-order valence-corrected chi connectivity index (χ4v) is 2.02. The highest BCUT2D eigenvalue weighted by molar-refractivity contribution is 5.89. The van der Waals surface area contributed by atoms with Crippen molar-refractivity contribution in [1.82, 2.24) is 4.98 Å². The van der Waals surface area contributed by atoms with E-state index in [1.807, 2.05) is 0 Å². The summed E-state index contributed by atoms with van der Waals surface area (Å²) in [4.78, 5) is 14.9. The van der Waals surface area contributed by atoms with Gasteiger partial charge in [0.2, 0.25) is 5.91 Å². The van der Waals surface area contributed by atoms with Crippen molar-refractivity contribution in [3.05, 3.63) is 41.1 Å². The van der Waals surface area contributed by atoms with E-state index in [2.05, 4.69) is 4.98 Å². The summed E-state index contributed by atoms with van der Waals surface area (Å²) in [6, 6.07) is 5.36. The maximum Gasteiger partial charge on any atom is 0.418 e. The SMILES string of the molecule is Cc1cc(CC(N)=O)c2cccc(C(F)(F)F)c2n1. The van der Waals surface area contributed by atoms with Crippen molar-refractivity contribution in [3.63, 3.8) is 0 Å². The monoisotopic (exact) mass is 268 g/mol. The van der Waals surface area contributed by atoms with Crippen molar-refractivity contribution in [3.8, 4) is 0 Å². The van der Waals surface area contributed by atoms with Gasteiger partial charge >= 0.3 is 6.18 Å². The molecule has 3 nitrogen and oxygen atoms in total. The lowest BCUT2D eigenvalue weighted by Crippen LogP contribution is -2.15. The summed E-state index contributed by atoms with van der Waals surface area (Å²) in [5, 5.41) is 0.305. The van der Waals surface area contributed by atoms with Crippen LogP contribution in [-0.2, 0) is 17.4 Å². The van der Waals surface area contributed by atoms with Crippen LogP contribution in [0.2, 0.25) is 0 Å². The summed E-state index contributed by atoms with van der Waals surface area (Å²) in [6.45, 7) is 1.58. The summed E-state index contributed by atoms with van der Waals surface area (Å²) in [5.41, 5.74) is 5.03. The molecule has 2 aromatic rings. The van der Waals surface area contributed by atoms with Crippen LogP contribution >= 0.6 is 0 Å². The fourth-order valence-electron chi connectivity index (χ4n) is 2.02. The van der Waals surface area contributed by atoms with Crippen LogP contribution < -0.4 is 5.73 Å². The molecule has 19 heavy (non-hydrogen) atoms. The number of nitrogens with two attached hydrogens (primary N) is 1. The number of carbonyl (C=O) groups excluding carboxylic acids is 1. The molecule has 0 aliphatic carbocycles. The Balaban J connectivity index is 2.77. The van der Waals surface area contributed by atoms with Crippen molar-refractivity contribution >= 4 is 16.8 Å². The van der Waals surface area contributed by atoms with Gasteiger partial charge in [-0.2, -0.15) is 13.2 Å². The summed E-state index contributed by atoms with van der Waals surface area (Å²) in [6.07, 6.45) is -4.59. The zero-order chi connectivity index (χ0) is 14.2. The van der Waals surface area contributed by atoms with Gasteiger partial charge in [-0.1, -0.05) is 12.1 Å². The van der Waals surface area contributed by atoms with E-state index in [0.717, 1.165) is 6.07 Å². The van der Waals surface area contributed by atoms with E-state index in [-0.39, 0.29) is 11.9 Å². The Morgan fingerprint density at radius 1 is 1.37 bits per heavy atom. The lowest BCUT2D eigenvalue weighted by Gasteiger charge is -2.12. The number of carbonyl (C=O) groups is 1. The van der Waals surface area contributed by atoms with Crippen LogP contribution in [-0.4, -0.2) is 10.9 Å². The Bertz CT molecular complexity index is 650. The lowest BCUT2D eigenvalue weighted by atomic mass is 10.0. The number of halogens is 3. The van der Waals surface area contributed by atoms with E-state index < -0.39 is 17.6 Å². The quantitative estimate of drug-likeness (QED) is 0.910. The predicted molar refractivity (Wildman–Crippen MR) is 64.4 cm³/mol. The minimum atomic E-state index is -4.48. The molecular formula is C13H11F3N2O. The van der Waals surface area contributed by atoms with Crippen LogP contribution in [0.3, 0.4) is 0 Å². The van der Waals surface area contributed by atoms with E-state index >= 15 is 0 Å². The Kier molecular flexibility index (Phi) is 3.18. The molecule has 0 aliphatic heterocycles. The molecule has 6 heteroatoms. The van der Waals surface area contributed by atoms with E-state index in [0.29, 0.717) is 16.6 Å². The third-order valence-corrected chi connectivity index (χ3v) is 2.72. The first-order valence-corrected chi connectivity index (χ1v) is 5.54. The Morgan fingerprint density at radius 3 is 2.63 bits per heavy atom. The van der Waals surface area contributed by atoms with Gasteiger partial charge < -0.3 is 5.73 Å². The average Bonchev–Trinajstić information content (AvgIpc) is 2.25. The molecule has 0 radical (unpaired) electrons. The number of hydrogen-bond donors (Lipinski definition) is 1. The number of aromatic nitrogens is 1. The van der Waals surface area contributed by atoms with Crippen LogP contribution in [0.1, 0.15) is 16.8 Å². The molecule has 1 aromatic carbocycles. The topological polar surface area (TPSA) is 56.0 Å². The molecule has 0 saturated heterocycles. The maximum absolute atomic E-state index is 12.9.